The fraction of sp³-hybridized carbons (Fsp3) is 1.00. The summed E-state index contributed by atoms with van der Waals surface area (Å²) in [6, 6.07) is 0. The molecule has 4 N–H and O–H groups in total. The molecule has 0 amide bonds. The maximum atomic E-state index is 9.36. The van der Waals surface area contributed by atoms with Gasteiger partial charge in [-0.05, 0) is 0 Å². The van der Waals surface area contributed by atoms with E-state index >= 15 is 0 Å². The van der Waals surface area contributed by atoms with E-state index in [9.17, 15) is 10.2 Å². The molecule has 1 fully saturated rings. The van der Waals surface area contributed by atoms with Crippen molar-refractivity contribution in [2.45, 2.75) is 28.5 Å². The van der Waals surface area contributed by atoms with Crippen LogP contribution in [0.5, 0.6) is 0 Å². The zero-order chi connectivity index (χ0) is 9.30. The van der Waals surface area contributed by atoms with E-state index in [1.54, 1.807) is 0 Å². The molecule has 5 atom stereocenters. The summed E-state index contributed by atoms with van der Waals surface area (Å²) in [6.45, 7) is -0.371. The lowest BCUT2D eigenvalue weighted by molar-refractivity contribution is -0.246. The number of alkyl halides is 1. The Labute approximate surface area is 83.1 Å². The van der Waals surface area contributed by atoms with Crippen molar-refractivity contribution in [1.29, 1.82) is 0 Å². The van der Waals surface area contributed by atoms with E-state index in [0.717, 1.165) is 0 Å². The second kappa shape index (κ2) is 4.16. The van der Waals surface area contributed by atoms with Crippen LogP contribution in [-0.2, 0) is 4.74 Å². The van der Waals surface area contributed by atoms with Crippen molar-refractivity contribution in [1.82, 2.24) is 0 Å². The molecule has 0 aromatic carbocycles. The minimum atomic E-state index is -1.33. The van der Waals surface area contributed by atoms with Gasteiger partial charge in [0, 0.05) is 0 Å². The molecule has 1 aliphatic rings. The summed E-state index contributed by atoms with van der Waals surface area (Å²) in [5.74, 6) is 0. The minimum Gasteiger partial charge on any atom is -0.394 e. The molecule has 0 spiro atoms. The molecule has 5 nitrogen and oxygen atoms in total. The standard InChI is InChI=1S/C6H11IO5/c7-3-4(9)2(1-8)12-6(11)5(3)10/h2-6,8-11H,1H2/t2-,3+,4-,5-,6?/m1/s1/i7-3. The van der Waals surface area contributed by atoms with Gasteiger partial charge in [-0.15, -0.1) is 0 Å². The third-order valence-corrected chi connectivity index (χ3v) is 3.29. The molecule has 6 heteroatoms. The molecule has 0 bridgehead atoms. The van der Waals surface area contributed by atoms with Gasteiger partial charge in [-0.3, -0.25) is 0 Å². The maximum Gasteiger partial charge on any atom is 0.182 e. The van der Waals surface area contributed by atoms with Crippen LogP contribution in [0.25, 0.3) is 0 Å². The summed E-state index contributed by atoms with van der Waals surface area (Å²) in [4.78, 5) is 0. The number of hydrogen-bond donors (Lipinski definition) is 4. The number of aliphatic hydroxyl groups is 4. The van der Waals surface area contributed by atoms with E-state index in [0.29, 0.717) is 0 Å². The number of aliphatic hydroxyl groups excluding tert-OH is 4. The maximum absolute atomic E-state index is 9.36. The molecule has 0 aromatic heterocycles. The van der Waals surface area contributed by atoms with Gasteiger partial charge >= 0.3 is 0 Å². The Balaban J connectivity index is 2.63. The SMILES string of the molecule is OC[C@H]1OC(O)[C@H](O)[C@@H]([124I])[C@@H]1O. The summed E-state index contributed by atoms with van der Waals surface area (Å²) in [5.41, 5.74) is 0. The Hall–Kier alpha value is 0.530. The first-order chi connectivity index (χ1) is 5.57. The van der Waals surface area contributed by atoms with Gasteiger partial charge < -0.3 is 25.2 Å². The lowest BCUT2D eigenvalue weighted by atomic mass is 10.0. The van der Waals surface area contributed by atoms with Gasteiger partial charge in [0.15, 0.2) is 6.29 Å². The van der Waals surface area contributed by atoms with E-state index in [2.05, 4.69) is 0 Å². The van der Waals surface area contributed by atoms with Gasteiger partial charge in [0.25, 0.3) is 0 Å². The molecule has 1 rings (SSSR count). The van der Waals surface area contributed by atoms with Crippen LogP contribution in [-0.4, -0.2) is 55.6 Å². The van der Waals surface area contributed by atoms with E-state index in [1.165, 1.54) is 0 Å². The van der Waals surface area contributed by atoms with Crippen LogP contribution in [0.3, 0.4) is 0 Å². The molecule has 0 aliphatic carbocycles. The topological polar surface area (TPSA) is 90.2 Å². The van der Waals surface area contributed by atoms with Crippen LogP contribution < -0.4 is 0 Å². The first-order valence-electron chi connectivity index (χ1n) is 3.52. The molecular formula is C6H11IO5. The molecule has 72 valence electrons. The van der Waals surface area contributed by atoms with Crippen LogP contribution in [0, 0.1) is 0 Å². The molecule has 1 unspecified atom stereocenters. The lowest BCUT2D eigenvalue weighted by Gasteiger charge is -2.37. The predicted molar refractivity (Wildman–Crippen MR) is 47.8 cm³/mol. The van der Waals surface area contributed by atoms with Crippen LogP contribution in [0.1, 0.15) is 0 Å². The zero-order valence-electron chi connectivity index (χ0n) is 6.17. The summed E-state index contributed by atoms with van der Waals surface area (Å²) in [7, 11) is 0. The second-order valence-electron chi connectivity index (χ2n) is 2.67. The Morgan fingerprint density at radius 1 is 1.17 bits per heavy atom. The van der Waals surface area contributed by atoms with Crippen molar-refractivity contribution in [2.24, 2.45) is 0 Å². The average molecular weight is 287 g/mol. The zero-order valence-corrected chi connectivity index (χ0v) is 8.33. The van der Waals surface area contributed by atoms with Crippen LogP contribution in [0.2, 0.25) is 0 Å². The van der Waals surface area contributed by atoms with Gasteiger partial charge in [0.05, 0.1) is 16.6 Å². The Morgan fingerprint density at radius 2 is 1.75 bits per heavy atom. The first kappa shape index (κ1) is 10.6. The number of hydrogen-bond acceptors (Lipinski definition) is 5. The highest BCUT2D eigenvalue weighted by Gasteiger charge is 2.41. The van der Waals surface area contributed by atoms with E-state index in [1.807, 2.05) is 22.6 Å². The molecule has 0 saturated carbocycles. The highest BCUT2D eigenvalue weighted by atomic mass is 124. The largest absolute Gasteiger partial charge is 0.394 e. The van der Waals surface area contributed by atoms with Crippen molar-refractivity contribution in [3.05, 3.63) is 0 Å². The number of ether oxygens (including phenoxy) is 1. The molecule has 12 heavy (non-hydrogen) atoms. The Bertz CT molecular complexity index is 150. The third-order valence-electron chi connectivity index (χ3n) is 1.82. The molecule has 1 aliphatic heterocycles. The van der Waals surface area contributed by atoms with E-state index in [-0.39, 0.29) is 6.61 Å². The summed E-state index contributed by atoms with van der Waals surface area (Å²) in [6.07, 6.45) is -4.20. The summed E-state index contributed by atoms with van der Waals surface area (Å²) < 4.78 is 4.21. The molecule has 0 aromatic rings. The third kappa shape index (κ3) is 1.88. The van der Waals surface area contributed by atoms with Crippen molar-refractivity contribution >= 4 is 22.6 Å². The van der Waals surface area contributed by atoms with Crippen molar-refractivity contribution < 1.29 is 25.2 Å². The van der Waals surface area contributed by atoms with Crippen molar-refractivity contribution in [3.63, 3.8) is 0 Å². The quantitative estimate of drug-likeness (QED) is 0.338. The van der Waals surface area contributed by atoms with E-state index in [4.69, 9.17) is 14.9 Å². The van der Waals surface area contributed by atoms with Gasteiger partial charge in [0.2, 0.25) is 0 Å². The Morgan fingerprint density at radius 3 is 2.25 bits per heavy atom. The van der Waals surface area contributed by atoms with Gasteiger partial charge in [-0.2, -0.15) is 0 Å². The van der Waals surface area contributed by atoms with Crippen LogP contribution in [0.4, 0.5) is 0 Å². The Kier molecular flexibility index (Phi) is 3.68. The normalized spacial score (nSPS) is 49.2. The number of rotatable bonds is 1. The molecular weight excluding hydrogens is 276 g/mol. The minimum absolute atomic E-state index is 0.371. The fourth-order valence-corrected chi connectivity index (χ4v) is 1.87. The van der Waals surface area contributed by atoms with Crippen molar-refractivity contribution in [3.8, 4) is 0 Å². The highest BCUT2D eigenvalue weighted by Crippen LogP contribution is 2.25. The van der Waals surface area contributed by atoms with Gasteiger partial charge in [0.1, 0.15) is 12.2 Å². The molecule has 0 radical (unpaired) electrons. The average Bonchev–Trinajstić information content (AvgIpc) is 2.08. The molecule has 1 saturated heterocycles. The number of halogens is 1. The second-order valence-corrected chi connectivity index (χ2v) is 4.11. The van der Waals surface area contributed by atoms with E-state index < -0.39 is 28.5 Å². The summed E-state index contributed by atoms with van der Waals surface area (Å²) >= 11 is 1.81. The van der Waals surface area contributed by atoms with Gasteiger partial charge in [-0.1, -0.05) is 22.6 Å². The van der Waals surface area contributed by atoms with Crippen LogP contribution in [0.15, 0.2) is 0 Å². The molecule has 1 heterocycles. The first-order valence-corrected chi connectivity index (χ1v) is 4.77. The van der Waals surface area contributed by atoms with Gasteiger partial charge in [-0.25, -0.2) is 0 Å². The summed E-state index contributed by atoms with van der Waals surface area (Å²) in [5, 5.41) is 36.3. The lowest BCUT2D eigenvalue weighted by Crippen LogP contribution is -2.56. The smallest absolute Gasteiger partial charge is 0.182 e. The van der Waals surface area contributed by atoms with Crippen molar-refractivity contribution in [2.75, 3.05) is 6.61 Å². The highest BCUT2D eigenvalue weighted by molar-refractivity contribution is 14.1. The monoisotopic (exact) mass is 287 g/mol. The fourth-order valence-electron chi connectivity index (χ4n) is 1.06. The van der Waals surface area contributed by atoms with Crippen LogP contribution >= 0.6 is 22.6 Å². The predicted octanol–water partition coefficient (Wildman–Crippen LogP) is -1.78.